The van der Waals surface area contributed by atoms with Crippen LogP contribution in [0.1, 0.15) is 6.92 Å². The van der Waals surface area contributed by atoms with E-state index in [2.05, 4.69) is 15.3 Å². The number of aliphatic imine (C=N–C) groups is 2. The summed E-state index contributed by atoms with van der Waals surface area (Å²) in [6, 6.07) is 0. The van der Waals surface area contributed by atoms with E-state index in [9.17, 15) is 4.79 Å². The fourth-order valence-corrected chi connectivity index (χ4v) is 1.59. The average molecular weight is 193 g/mol. The van der Waals surface area contributed by atoms with Crippen LogP contribution in [-0.4, -0.2) is 24.2 Å². The van der Waals surface area contributed by atoms with Crippen molar-refractivity contribution in [1.82, 2.24) is 5.32 Å². The van der Waals surface area contributed by atoms with Crippen molar-refractivity contribution in [3.8, 4) is 0 Å². The molecule has 6 nitrogen and oxygen atoms in total. The Bertz CT molecular complexity index is 377. The molecule has 2 rings (SSSR count). The van der Waals surface area contributed by atoms with Crippen molar-refractivity contribution >= 4 is 18.1 Å². The lowest BCUT2D eigenvalue weighted by molar-refractivity contribution is -0.123. The molecule has 0 aliphatic carbocycles. The topological polar surface area (TPSA) is 106 Å². The molecule has 0 aromatic heterocycles. The van der Waals surface area contributed by atoms with E-state index >= 15 is 0 Å². The number of rotatable bonds is 0. The second-order valence-electron chi connectivity index (χ2n) is 3.31. The van der Waals surface area contributed by atoms with Crippen molar-refractivity contribution in [2.24, 2.45) is 27.4 Å². The van der Waals surface area contributed by atoms with Gasteiger partial charge in [0.15, 0.2) is 12.1 Å². The zero-order chi connectivity index (χ0) is 10.3. The molecule has 0 bridgehead atoms. The third-order valence-corrected chi connectivity index (χ3v) is 2.26. The van der Waals surface area contributed by atoms with Gasteiger partial charge >= 0.3 is 0 Å². The molecule has 0 aromatic carbocycles. The zero-order valence-electron chi connectivity index (χ0n) is 7.69. The zero-order valence-corrected chi connectivity index (χ0v) is 7.69. The Morgan fingerprint density at radius 2 is 2.36 bits per heavy atom. The van der Waals surface area contributed by atoms with E-state index in [1.54, 1.807) is 13.1 Å². The first kappa shape index (κ1) is 8.74. The fourth-order valence-electron chi connectivity index (χ4n) is 1.59. The van der Waals surface area contributed by atoms with Crippen molar-refractivity contribution < 1.29 is 4.79 Å². The third-order valence-electron chi connectivity index (χ3n) is 2.26. The predicted octanol–water partition coefficient (Wildman–Crippen LogP) is -1.31. The molecule has 0 spiro atoms. The number of fused-ring (bicyclic) bond motifs is 1. The minimum absolute atomic E-state index is 0.115. The number of nitrogens with zero attached hydrogens (tertiary/aromatic N) is 2. The summed E-state index contributed by atoms with van der Waals surface area (Å²) < 4.78 is 0. The highest BCUT2D eigenvalue weighted by Crippen LogP contribution is 2.27. The molecule has 0 aromatic rings. The molecular weight excluding hydrogens is 182 g/mol. The summed E-state index contributed by atoms with van der Waals surface area (Å²) in [7, 11) is 0. The first-order valence-corrected chi connectivity index (χ1v) is 4.23. The minimum Gasteiger partial charge on any atom is -0.402 e. The molecule has 74 valence electrons. The van der Waals surface area contributed by atoms with Crippen molar-refractivity contribution in [3.63, 3.8) is 0 Å². The molecule has 2 aliphatic heterocycles. The molecule has 0 fully saturated rings. The van der Waals surface area contributed by atoms with Gasteiger partial charge in [-0.15, -0.1) is 0 Å². The molecule has 2 heterocycles. The number of guanidine groups is 1. The molecule has 2 unspecified atom stereocenters. The first-order valence-electron chi connectivity index (χ1n) is 4.23. The lowest BCUT2D eigenvalue weighted by Crippen LogP contribution is -2.48. The van der Waals surface area contributed by atoms with Crippen molar-refractivity contribution in [2.75, 3.05) is 0 Å². The highest BCUT2D eigenvalue weighted by atomic mass is 16.2. The van der Waals surface area contributed by atoms with Gasteiger partial charge in [0.1, 0.15) is 5.92 Å². The summed E-state index contributed by atoms with van der Waals surface area (Å²) in [5, 5.41) is 2.45. The third kappa shape index (κ3) is 1.15. The van der Waals surface area contributed by atoms with Crippen molar-refractivity contribution in [3.05, 3.63) is 11.3 Å². The number of nitrogens with two attached hydrogens (primary N) is 2. The van der Waals surface area contributed by atoms with Gasteiger partial charge in [-0.1, -0.05) is 0 Å². The maximum atomic E-state index is 11.6. The second-order valence-corrected chi connectivity index (χ2v) is 3.31. The van der Waals surface area contributed by atoms with Gasteiger partial charge in [0.2, 0.25) is 5.91 Å². The van der Waals surface area contributed by atoms with Crippen LogP contribution in [0.3, 0.4) is 0 Å². The summed E-state index contributed by atoms with van der Waals surface area (Å²) in [6.45, 7) is 1.73. The number of hydrogen-bond donors (Lipinski definition) is 3. The van der Waals surface area contributed by atoms with E-state index in [-0.39, 0.29) is 11.9 Å². The summed E-state index contributed by atoms with van der Waals surface area (Å²) in [6.07, 6.45) is 1.16. The van der Waals surface area contributed by atoms with Crippen LogP contribution in [0.15, 0.2) is 21.3 Å². The number of amides is 1. The summed E-state index contributed by atoms with van der Waals surface area (Å²) in [5.74, 6) is -0.489. The number of hydrogen-bond acceptors (Lipinski definition) is 5. The molecule has 14 heavy (non-hydrogen) atoms. The van der Waals surface area contributed by atoms with Gasteiger partial charge in [0.25, 0.3) is 0 Å². The van der Waals surface area contributed by atoms with E-state index in [4.69, 9.17) is 11.5 Å². The Morgan fingerprint density at radius 3 is 3.00 bits per heavy atom. The molecule has 2 atom stereocenters. The molecule has 2 aliphatic rings. The van der Waals surface area contributed by atoms with E-state index in [1.165, 1.54) is 0 Å². The van der Waals surface area contributed by atoms with E-state index in [0.29, 0.717) is 5.70 Å². The van der Waals surface area contributed by atoms with Crippen LogP contribution < -0.4 is 16.8 Å². The van der Waals surface area contributed by atoms with Crippen molar-refractivity contribution in [2.45, 2.75) is 13.1 Å². The van der Waals surface area contributed by atoms with Gasteiger partial charge in [-0.3, -0.25) is 15.1 Å². The first-order chi connectivity index (χ1) is 6.59. The summed E-state index contributed by atoms with van der Waals surface area (Å²) >= 11 is 0. The van der Waals surface area contributed by atoms with Crippen LogP contribution in [-0.2, 0) is 4.79 Å². The Kier molecular flexibility index (Phi) is 1.77. The predicted molar refractivity (Wildman–Crippen MR) is 52.4 cm³/mol. The molecule has 0 saturated carbocycles. The monoisotopic (exact) mass is 193 g/mol. The van der Waals surface area contributed by atoms with Crippen LogP contribution >= 0.6 is 0 Å². The lowest BCUT2D eigenvalue weighted by atomic mass is 9.96. The lowest BCUT2D eigenvalue weighted by Gasteiger charge is -2.21. The SMILES string of the molecule is CC(N)=C1C=NC2N=C(N)NC(=O)C12. The van der Waals surface area contributed by atoms with Gasteiger partial charge < -0.3 is 11.5 Å². The maximum Gasteiger partial charge on any atom is 0.238 e. The summed E-state index contributed by atoms with van der Waals surface area (Å²) in [4.78, 5) is 19.6. The van der Waals surface area contributed by atoms with Gasteiger partial charge in [0, 0.05) is 17.5 Å². The Morgan fingerprint density at radius 1 is 1.64 bits per heavy atom. The second kappa shape index (κ2) is 2.83. The molecular formula is C8H11N5O. The molecule has 0 radical (unpaired) electrons. The van der Waals surface area contributed by atoms with Crippen LogP contribution in [0.2, 0.25) is 0 Å². The Labute approximate surface area is 80.8 Å². The average Bonchev–Trinajstić information content (AvgIpc) is 2.47. The number of nitrogens with one attached hydrogen (secondary N) is 1. The van der Waals surface area contributed by atoms with Crippen LogP contribution in [0.5, 0.6) is 0 Å². The molecule has 0 saturated heterocycles. The van der Waals surface area contributed by atoms with E-state index in [0.717, 1.165) is 5.57 Å². The maximum absolute atomic E-state index is 11.6. The standard InChI is InChI=1S/C8H11N5O/c1-3(9)4-2-11-6-5(4)7(14)13-8(10)12-6/h2,5-6H,9H2,1H3,(H3,10,12,13,14). The smallest absolute Gasteiger partial charge is 0.238 e. The van der Waals surface area contributed by atoms with Crippen LogP contribution in [0, 0.1) is 5.92 Å². The number of allylic oxidation sites excluding steroid dienone is 1. The Balaban J connectivity index is 2.42. The van der Waals surface area contributed by atoms with Crippen molar-refractivity contribution in [1.29, 1.82) is 0 Å². The van der Waals surface area contributed by atoms with Gasteiger partial charge in [0.05, 0.1) is 0 Å². The quantitative estimate of drug-likeness (QED) is 0.444. The highest BCUT2D eigenvalue weighted by molar-refractivity contribution is 6.05. The van der Waals surface area contributed by atoms with Gasteiger partial charge in [-0.2, -0.15) is 0 Å². The van der Waals surface area contributed by atoms with E-state index < -0.39 is 12.1 Å². The van der Waals surface area contributed by atoms with Gasteiger partial charge in [-0.05, 0) is 6.92 Å². The largest absolute Gasteiger partial charge is 0.402 e. The number of carbonyl (C=O) groups is 1. The molecule has 1 amide bonds. The normalized spacial score (nSPS) is 33.5. The van der Waals surface area contributed by atoms with E-state index in [1.807, 2.05) is 0 Å². The van der Waals surface area contributed by atoms with Crippen LogP contribution in [0.4, 0.5) is 0 Å². The molecule has 5 N–H and O–H groups in total. The fraction of sp³-hybridized carbons (Fsp3) is 0.375. The Hall–Kier alpha value is -1.85. The summed E-state index contributed by atoms with van der Waals surface area (Å²) in [5.41, 5.74) is 12.3. The number of carbonyl (C=O) groups excluding carboxylic acids is 1. The molecule has 6 heteroatoms. The highest BCUT2D eigenvalue weighted by Gasteiger charge is 2.38. The van der Waals surface area contributed by atoms with Gasteiger partial charge in [-0.25, -0.2) is 4.99 Å². The van der Waals surface area contributed by atoms with Crippen LogP contribution in [0.25, 0.3) is 0 Å². The minimum atomic E-state index is -0.433.